The maximum absolute atomic E-state index is 12.3. The van der Waals surface area contributed by atoms with E-state index in [1.165, 1.54) is 16.8 Å². The molecule has 0 aliphatic rings. The van der Waals surface area contributed by atoms with E-state index in [-0.39, 0.29) is 5.56 Å². The van der Waals surface area contributed by atoms with Crippen LogP contribution >= 0.6 is 0 Å². The molecule has 0 bridgehead atoms. The number of hydrogen-bond acceptors (Lipinski definition) is 2. The van der Waals surface area contributed by atoms with Crippen LogP contribution in [0.3, 0.4) is 0 Å². The van der Waals surface area contributed by atoms with Crippen molar-refractivity contribution in [1.82, 2.24) is 9.78 Å². The Morgan fingerprint density at radius 3 is 2.31 bits per heavy atom. The summed E-state index contributed by atoms with van der Waals surface area (Å²) in [6, 6.07) is 7.72. The number of nitrogens with two attached hydrogens (primary N) is 1. The van der Waals surface area contributed by atoms with Crippen molar-refractivity contribution in [3.63, 3.8) is 0 Å². The summed E-state index contributed by atoms with van der Waals surface area (Å²) < 4.78 is 26.2. The molecule has 16 heavy (non-hydrogen) atoms. The average molecular weight is 223 g/mol. The van der Waals surface area contributed by atoms with Crippen LogP contribution in [0, 0.1) is 0 Å². The molecule has 5 heteroatoms. The van der Waals surface area contributed by atoms with Gasteiger partial charge < -0.3 is 5.73 Å². The van der Waals surface area contributed by atoms with E-state index in [0.717, 1.165) is 5.56 Å². The Labute approximate surface area is 91.5 Å². The first-order valence-electron chi connectivity index (χ1n) is 4.76. The molecule has 0 amide bonds. The van der Waals surface area contributed by atoms with Crippen LogP contribution in [0.4, 0.5) is 14.6 Å². The van der Waals surface area contributed by atoms with Crippen LogP contribution in [-0.2, 0) is 7.05 Å². The lowest BCUT2D eigenvalue weighted by Crippen LogP contribution is -1.96. The summed E-state index contributed by atoms with van der Waals surface area (Å²) >= 11 is 0. The number of aromatic nitrogens is 2. The van der Waals surface area contributed by atoms with Gasteiger partial charge in [0.15, 0.2) is 0 Å². The van der Waals surface area contributed by atoms with Gasteiger partial charge in [0.2, 0.25) is 0 Å². The molecule has 0 aliphatic heterocycles. The van der Waals surface area contributed by atoms with Crippen molar-refractivity contribution in [2.75, 3.05) is 5.73 Å². The third kappa shape index (κ3) is 1.88. The van der Waals surface area contributed by atoms with Crippen LogP contribution < -0.4 is 5.73 Å². The molecule has 0 spiro atoms. The van der Waals surface area contributed by atoms with Crippen LogP contribution in [0.25, 0.3) is 11.3 Å². The molecule has 0 atom stereocenters. The largest absolute Gasteiger partial charge is 0.384 e. The Morgan fingerprint density at radius 1 is 1.25 bits per heavy atom. The van der Waals surface area contributed by atoms with E-state index in [9.17, 15) is 8.78 Å². The summed E-state index contributed by atoms with van der Waals surface area (Å²) in [7, 11) is 1.73. The minimum atomic E-state index is -2.44. The van der Waals surface area contributed by atoms with E-state index in [1.54, 1.807) is 25.2 Å². The van der Waals surface area contributed by atoms with Crippen LogP contribution in [0.15, 0.2) is 30.3 Å². The van der Waals surface area contributed by atoms with Gasteiger partial charge in [0.25, 0.3) is 6.43 Å². The summed E-state index contributed by atoms with van der Waals surface area (Å²) in [5.74, 6) is 0.535. The zero-order valence-corrected chi connectivity index (χ0v) is 8.69. The molecule has 84 valence electrons. The quantitative estimate of drug-likeness (QED) is 0.850. The molecule has 1 aromatic heterocycles. The Morgan fingerprint density at radius 2 is 1.88 bits per heavy atom. The fraction of sp³-hybridized carbons (Fsp3) is 0.182. The smallest absolute Gasteiger partial charge is 0.263 e. The second kappa shape index (κ2) is 3.92. The van der Waals surface area contributed by atoms with Gasteiger partial charge in [-0.2, -0.15) is 5.10 Å². The van der Waals surface area contributed by atoms with E-state index in [0.29, 0.717) is 11.5 Å². The number of nitrogens with zero attached hydrogens (tertiary/aromatic N) is 2. The zero-order valence-electron chi connectivity index (χ0n) is 8.69. The van der Waals surface area contributed by atoms with E-state index >= 15 is 0 Å². The maximum atomic E-state index is 12.3. The van der Waals surface area contributed by atoms with Gasteiger partial charge in [-0.25, -0.2) is 8.78 Å². The number of benzene rings is 1. The van der Waals surface area contributed by atoms with Crippen molar-refractivity contribution in [2.45, 2.75) is 6.43 Å². The highest BCUT2D eigenvalue weighted by Gasteiger charge is 2.08. The molecule has 2 rings (SSSR count). The van der Waals surface area contributed by atoms with E-state index in [2.05, 4.69) is 5.10 Å². The average Bonchev–Trinajstić information content (AvgIpc) is 2.59. The molecular formula is C11H11F2N3. The maximum Gasteiger partial charge on any atom is 0.263 e. The van der Waals surface area contributed by atoms with Crippen LogP contribution in [-0.4, -0.2) is 9.78 Å². The van der Waals surface area contributed by atoms with Crippen molar-refractivity contribution in [1.29, 1.82) is 0 Å². The third-order valence-corrected chi connectivity index (χ3v) is 2.37. The summed E-state index contributed by atoms with van der Waals surface area (Å²) in [4.78, 5) is 0. The first-order chi connectivity index (χ1) is 7.58. The molecule has 0 radical (unpaired) electrons. The zero-order chi connectivity index (χ0) is 11.7. The van der Waals surface area contributed by atoms with Crippen molar-refractivity contribution in [3.05, 3.63) is 35.9 Å². The van der Waals surface area contributed by atoms with Crippen LogP contribution in [0.2, 0.25) is 0 Å². The molecule has 0 saturated carbocycles. The molecular weight excluding hydrogens is 212 g/mol. The minimum absolute atomic E-state index is 0.00709. The van der Waals surface area contributed by atoms with Crippen molar-refractivity contribution in [3.8, 4) is 11.3 Å². The van der Waals surface area contributed by atoms with Gasteiger partial charge >= 0.3 is 0 Å². The van der Waals surface area contributed by atoms with Gasteiger partial charge in [-0.1, -0.05) is 24.3 Å². The van der Waals surface area contributed by atoms with Crippen LogP contribution in [0.5, 0.6) is 0 Å². The van der Waals surface area contributed by atoms with Gasteiger partial charge in [0.05, 0.1) is 5.69 Å². The number of aryl methyl sites for hydroxylation is 1. The van der Waals surface area contributed by atoms with Gasteiger partial charge in [-0.05, 0) is 0 Å². The fourth-order valence-corrected chi connectivity index (χ4v) is 1.42. The van der Waals surface area contributed by atoms with Gasteiger partial charge in [-0.15, -0.1) is 0 Å². The second-order valence-corrected chi connectivity index (χ2v) is 3.50. The number of anilines is 1. The number of alkyl halides is 2. The van der Waals surface area contributed by atoms with E-state index in [4.69, 9.17) is 5.73 Å². The summed E-state index contributed by atoms with van der Waals surface area (Å²) in [6.45, 7) is 0. The van der Waals surface area contributed by atoms with Gasteiger partial charge in [0.1, 0.15) is 5.82 Å². The highest BCUT2D eigenvalue weighted by atomic mass is 19.3. The standard InChI is InChI=1S/C11H11F2N3/c1-16-10(14)6-9(15-16)7-2-4-8(5-3-7)11(12)13/h2-6,11H,14H2,1H3. The minimum Gasteiger partial charge on any atom is -0.384 e. The van der Waals surface area contributed by atoms with Gasteiger partial charge in [0, 0.05) is 24.2 Å². The topological polar surface area (TPSA) is 43.8 Å². The lowest BCUT2D eigenvalue weighted by atomic mass is 10.1. The molecule has 1 aromatic carbocycles. The number of halogens is 2. The number of nitrogen functional groups attached to an aromatic ring is 1. The Bertz CT molecular complexity index is 469. The molecule has 0 aliphatic carbocycles. The predicted molar refractivity (Wildman–Crippen MR) is 58.0 cm³/mol. The Kier molecular flexibility index (Phi) is 2.60. The normalized spacial score (nSPS) is 11.0. The van der Waals surface area contributed by atoms with Crippen molar-refractivity contribution in [2.24, 2.45) is 7.05 Å². The summed E-state index contributed by atoms with van der Waals surface area (Å²) in [5.41, 5.74) is 7.10. The molecule has 0 saturated heterocycles. The SMILES string of the molecule is Cn1nc(-c2ccc(C(F)F)cc2)cc1N. The first kappa shape index (κ1) is 10.6. The molecule has 0 fully saturated rings. The molecule has 0 unspecified atom stereocenters. The fourth-order valence-electron chi connectivity index (χ4n) is 1.42. The van der Waals surface area contributed by atoms with Crippen LogP contribution in [0.1, 0.15) is 12.0 Å². The molecule has 3 nitrogen and oxygen atoms in total. The lowest BCUT2D eigenvalue weighted by molar-refractivity contribution is 0.151. The molecule has 1 heterocycles. The van der Waals surface area contributed by atoms with Crippen molar-refractivity contribution < 1.29 is 8.78 Å². The summed E-state index contributed by atoms with van der Waals surface area (Å²) in [6.07, 6.45) is -2.44. The van der Waals surface area contributed by atoms with E-state index in [1.807, 2.05) is 0 Å². The summed E-state index contributed by atoms with van der Waals surface area (Å²) in [5, 5.41) is 4.16. The highest BCUT2D eigenvalue weighted by molar-refractivity contribution is 5.62. The molecule has 2 N–H and O–H groups in total. The third-order valence-electron chi connectivity index (χ3n) is 2.37. The predicted octanol–water partition coefficient (Wildman–Crippen LogP) is 2.61. The Hall–Kier alpha value is -1.91. The monoisotopic (exact) mass is 223 g/mol. The van der Waals surface area contributed by atoms with Crippen molar-refractivity contribution >= 4 is 5.82 Å². The number of hydrogen-bond donors (Lipinski definition) is 1. The van der Waals surface area contributed by atoms with E-state index < -0.39 is 6.43 Å². The van der Waals surface area contributed by atoms with Gasteiger partial charge in [-0.3, -0.25) is 4.68 Å². The molecule has 2 aromatic rings. The second-order valence-electron chi connectivity index (χ2n) is 3.50. The number of rotatable bonds is 2. The Balaban J connectivity index is 2.34. The lowest BCUT2D eigenvalue weighted by Gasteiger charge is -2.00. The highest BCUT2D eigenvalue weighted by Crippen LogP contribution is 2.24. The first-order valence-corrected chi connectivity index (χ1v) is 4.76.